The van der Waals surface area contributed by atoms with Crippen LogP contribution in [-0.4, -0.2) is 32.8 Å². The monoisotopic (exact) mass is 514 g/mol. The van der Waals surface area contributed by atoms with Crippen LogP contribution in [0.25, 0.3) is 16.9 Å². The van der Waals surface area contributed by atoms with E-state index in [1.807, 2.05) is 49.5 Å². The highest BCUT2D eigenvalue weighted by Crippen LogP contribution is 2.26. The quantitative estimate of drug-likeness (QED) is 0.275. The third kappa shape index (κ3) is 5.65. The highest BCUT2D eigenvalue weighted by atomic mass is 35.5. The fourth-order valence-corrected chi connectivity index (χ4v) is 3.94. The molecule has 0 aliphatic heterocycles. The molecule has 5 rings (SSSR count). The summed E-state index contributed by atoms with van der Waals surface area (Å²) in [7, 11) is 0. The molecule has 0 unspecified atom stereocenters. The topological polar surface area (TPSA) is 93.5 Å². The van der Waals surface area contributed by atoms with Crippen LogP contribution < -0.4 is 5.32 Å². The van der Waals surface area contributed by atoms with Gasteiger partial charge in [0.1, 0.15) is 12.3 Å². The largest absolute Gasteiger partial charge is 0.467 e. The first-order chi connectivity index (χ1) is 18.0. The number of carbonyl (C=O) groups excluding carboxylic acids is 2. The highest BCUT2D eigenvalue weighted by Gasteiger charge is 2.23. The maximum absolute atomic E-state index is 13.2. The standard InChI is InChI=1S/C28H23ClN4O4/c1-19-6-12-22(13-7-19)33-17-24(20-8-10-21(29)11-9-20)30-28(33)31-26(34)18-32(16-23-4-2-14-36-23)27(35)25-5-3-15-37-25/h2-15,17H,16,18H2,1H3,(H,30,31,34). The van der Waals surface area contributed by atoms with E-state index >= 15 is 0 Å². The van der Waals surface area contributed by atoms with Crippen molar-refractivity contribution in [1.82, 2.24) is 14.5 Å². The van der Waals surface area contributed by atoms with Gasteiger partial charge in [0.15, 0.2) is 5.76 Å². The molecule has 2 amide bonds. The van der Waals surface area contributed by atoms with Gasteiger partial charge in [0.25, 0.3) is 5.91 Å². The lowest BCUT2D eigenvalue weighted by Crippen LogP contribution is -2.37. The van der Waals surface area contributed by atoms with E-state index in [0.717, 1.165) is 16.8 Å². The number of rotatable bonds is 8. The summed E-state index contributed by atoms with van der Waals surface area (Å²) in [6, 6.07) is 21.8. The van der Waals surface area contributed by atoms with Gasteiger partial charge in [0.2, 0.25) is 11.9 Å². The van der Waals surface area contributed by atoms with Gasteiger partial charge >= 0.3 is 0 Å². The highest BCUT2D eigenvalue weighted by molar-refractivity contribution is 6.30. The zero-order valence-electron chi connectivity index (χ0n) is 19.9. The van der Waals surface area contributed by atoms with Gasteiger partial charge in [-0.25, -0.2) is 4.98 Å². The molecule has 186 valence electrons. The number of benzene rings is 2. The fourth-order valence-electron chi connectivity index (χ4n) is 3.81. The molecule has 3 heterocycles. The van der Waals surface area contributed by atoms with Gasteiger partial charge in [0, 0.05) is 22.5 Å². The van der Waals surface area contributed by atoms with Gasteiger partial charge < -0.3 is 13.7 Å². The molecule has 0 spiro atoms. The predicted octanol–water partition coefficient (Wildman–Crippen LogP) is 5.97. The second-order valence-corrected chi connectivity index (χ2v) is 8.86. The van der Waals surface area contributed by atoms with Crippen LogP contribution in [0.15, 0.2) is 100 Å². The van der Waals surface area contributed by atoms with Gasteiger partial charge in [-0.2, -0.15) is 0 Å². The molecule has 0 atom stereocenters. The van der Waals surface area contributed by atoms with Crippen molar-refractivity contribution in [1.29, 1.82) is 0 Å². The Kier molecular flexibility index (Phi) is 6.91. The van der Waals surface area contributed by atoms with Gasteiger partial charge in [-0.3, -0.25) is 19.5 Å². The minimum Gasteiger partial charge on any atom is -0.467 e. The molecule has 0 radical (unpaired) electrons. The van der Waals surface area contributed by atoms with Gasteiger partial charge in [-0.05, 0) is 55.5 Å². The number of hydrogen-bond donors (Lipinski definition) is 1. The molecule has 9 heteroatoms. The third-order valence-corrected chi connectivity index (χ3v) is 5.94. The normalized spacial score (nSPS) is 10.9. The number of anilines is 1. The molecule has 0 aliphatic carbocycles. The minimum absolute atomic E-state index is 0.0996. The van der Waals surface area contributed by atoms with Gasteiger partial charge in [-0.1, -0.05) is 41.4 Å². The summed E-state index contributed by atoms with van der Waals surface area (Å²) in [6.07, 6.45) is 4.77. The van der Waals surface area contributed by atoms with Crippen molar-refractivity contribution in [2.24, 2.45) is 0 Å². The van der Waals surface area contributed by atoms with E-state index in [0.29, 0.717) is 22.4 Å². The smallest absolute Gasteiger partial charge is 0.290 e. The lowest BCUT2D eigenvalue weighted by molar-refractivity contribution is -0.117. The maximum atomic E-state index is 13.2. The number of carbonyl (C=O) groups is 2. The van der Waals surface area contributed by atoms with Crippen LogP contribution in [0, 0.1) is 6.92 Å². The Morgan fingerprint density at radius 3 is 2.38 bits per heavy atom. The van der Waals surface area contributed by atoms with Crippen LogP contribution in [0.5, 0.6) is 0 Å². The number of aryl methyl sites for hydroxylation is 1. The number of imidazole rings is 1. The average molecular weight is 515 g/mol. The zero-order chi connectivity index (χ0) is 25.8. The number of furan rings is 2. The molecule has 0 fully saturated rings. The molecule has 3 aromatic heterocycles. The molecule has 0 saturated carbocycles. The second kappa shape index (κ2) is 10.6. The van der Waals surface area contributed by atoms with Crippen LogP contribution in [0.1, 0.15) is 21.9 Å². The first-order valence-corrected chi connectivity index (χ1v) is 11.9. The van der Waals surface area contributed by atoms with Crippen LogP contribution in [0.2, 0.25) is 5.02 Å². The minimum atomic E-state index is -0.430. The zero-order valence-corrected chi connectivity index (χ0v) is 20.7. The van der Waals surface area contributed by atoms with Crippen molar-refractivity contribution >= 4 is 29.4 Å². The van der Waals surface area contributed by atoms with Crippen molar-refractivity contribution in [2.75, 3.05) is 11.9 Å². The number of halogens is 1. The van der Waals surface area contributed by atoms with Crippen LogP contribution in [0.4, 0.5) is 5.95 Å². The summed E-state index contributed by atoms with van der Waals surface area (Å²) < 4.78 is 12.5. The van der Waals surface area contributed by atoms with E-state index in [4.69, 9.17) is 20.4 Å². The van der Waals surface area contributed by atoms with E-state index in [2.05, 4.69) is 10.3 Å². The molecular weight excluding hydrogens is 492 g/mol. The Labute approximate surface area is 218 Å². The van der Waals surface area contributed by atoms with E-state index in [9.17, 15) is 9.59 Å². The van der Waals surface area contributed by atoms with Crippen LogP contribution in [0.3, 0.4) is 0 Å². The number of nitrogens with zero attached hydrogens (tertiary/aromatic N) is 3. The summed E-state index contributed by atoms with van der Waals surface area (Å²) in [5, 5.41) is 3.49. The number of aromatic nitrogens is 2. The molecule has 0 saturated heterocycles. The Bertz CT molecular complexity index is 1490. The van der Waals surface area contributed by atoms with E-state index < -0.39 is 11.8 Å². The van der Waals surface area contributed by atoms with E-state index in [-0.39, 0.29) is 18.8 Å². The molecule has 0 aliphatic rings. The van der Waals surface area contributed by atoms with Crippen LogP contribution in [-0.2, 0) is 11.3 Å². The summed E-state index contributed by atoms with van der Waals surface area (Å²) in [5.41, 5.74) is 3.44. The van der Waals surface area contributed by atoms with E-state index in [1.54, 1.807) is 41.0 Å². The van der Waals surface area contributed by atoms with Crippen molar-refractivity contribution in [3.8, 4) is 16.9 Å². The fraction of sp³-hybridized carbons (Fsp3) is 0.107. The molecule has 2 aromatic carbocycles. The predicted molar refractivity (Wildman–Crippen MR) is 140 cm³/mol. The van der Waals surface area contributed by atoms with Crippen molar-refractivity contribution in [3.05, 3.63) is 114 Å². The van der Waals surface area contributed by atoms with Crippen molar-refractivity contribution in [2.45, 2.75) is 13.5 Å². The van der Waals surface area contributed by atoms with Gasteiger partial charge in [0.05, 0.1) is 24.8 Å². The first kappa shape index (κ1) is 24.1. The van der Waals surface area contributed by atoms with Gasteiger partial charge in [-0.15, -0.1) is 0 Å². The average Bonchev–Trinajstić information content (AvgIpc) is 3.67. The number of hydrogen-bond acceptors (Lipinski definition) is 5. The second-order valence-electron chi connectivity index (χ2n) is 8.43. The summed E-state index contributed by atoms with van der Waals surface area (Å²) >= 11 is 6.05. The molecule has 37 heavy (non-hydrogen) atoms. The molecule has 5 aromatic rings. The van der Waals surface area contributed by atoms with Crippen molar-refractivity contribution in [3.63, 3.8) is 0 Å². The summed E-state index contributed by atoms with van der Waals surface area (Å²) in [5.74, 6) is 0.139. The SMILES string of the molecule is Cc1ccc(-n2cc(-c3ccc(Cl)cc3)nc2NC(=O)CN(Cc2ccco2)C(=O)c2ccco2)cc1. The Hall–Kier alpha value is -4.56. The summed E-state index contributed by atoms with van der Waals surface area (Å²) in [6.45, 7) is 1.86. The molecule has 0 bridgehead atoms. The maximum Gasteiger partial charge on any atom is 0.290 e. The summed E-state index contributed by atoms with van der Waals surface area (Å²) in [4.78, 5) is 32.3. The molecule has 1 N–H and O–H groups in total. The van der Waals surface area contributed by atoms with Crippen molar-refractivity contribution < 1.29 is 18.4 Å². The third-order valence-electron chi connectivity index (χ3n) is 5.69. The Morgan fingerprint density at radius 2 is 1.70 bits per heavy atom. The molecule has 8 nitrogen and oxygen atoms in total. The lowest BCUT2D eigenvalue weighted by Gasteiger charge is -2.20. The number of nitrogens with one attached hydrogen (secondary N) is 1. The van der Waals surface area contributed by atoms with Crippen LogP contribution >= 0.6 is 11.6 Å². The van der Waals surface area contributed by atoms with E-state index in [1.165, 1.54) is 17.4 Å². The Morgan fingerprint density at radius 1 is 0.973 bits per heavy atom. The molecular formula is C28H23ClN4O4. The lowest BCUT2D eigenvalue weighted by atomic mass is 10.2. The Balaban J connectivity index is 1.43. The first-order valence-electron chi connectivity index (χ1n) is 11.5. The number of amides is 2.